The third-order valence-corrected chi connectivity index (χ3v) is 3.85. The number of rotatable bonds is 5. The Morgan fingerprint density at radius 2 is 2.15 bits per heavy atom. The molecule has 0 heterocycles. The highest BCUT2D eigenvalue weighted by Gasteiger charge is 2.28. The van der Waals surface area contributed by atoms with E-state index < -0.39 is 0 Å². The van der Waals surface area contributed by atoms with Gasteiger partial charge in [-0.15, -0.1) is 0 Å². The van der Waals surface area contributed by atoms with Gasteiger partial charge in [0.1, 0.15) is 0 Å². The molecule has 1 saturated carbocycles. The molecule has 1 fully saturated rings. The first-order chi connectivity index (χ1) is 9.69. The summed E-state index contributed by atoms with van der Waals surface area (Å²) in [5, 5.41) is 10.1. The van der Waals surface area contributed by atoms with Crippen molar-refractivity contribution in [2.75, 3.05) is 20.2 Å². The van der Waals surface area contributed by atoms with E-state index in [0.717, 1.165) is 25.7 Å². The van der Waals surface area contributed by atoms with Gasteiger partial charge in [-0.1, -0.05) is 18.9 Å². The molecule has 110 valence electrons. The Balaban J connectivity index is 2.27. The van der Waals surface area contributed by atoms with Crippen molar-refractivity contribution in [1.82, 2.24) is 4.90 Å². The van der Waals surface area contributed by atoms with Crippen LogP contribution in [0.2, 0.25) is 0 Å². The third-order valence-electron chi connectivity index (χ3n) is 3.85. The van der Waals surface area contributed by atoms with Gasteiger partial charge in [0.2, 0.25) is 0 Å². The number of phenols is 1. The number of ether oxygens (including phenoxy) is 1. The molecule has 1 aliphatic rings. The summed E-state index contributed by atoms with van der Waals surface area (Å²) in [5.41, 5.74) is 5.91. The Bertz CT molecular complexity index is 470. The minimum absolute atomic E-state index is 0.0972. The van der Waals surface area contributed by atoms with Gasteiger partial charge in [0.05, 0.1) is 12.7 Å². The number of carbonyl (C=O) groups excluding carboxylic acids is 1. The number of nitrogens with zero attached hydrogens (tertiary/aromatic N) is 1. The van der Waals surface area contributed by atoms with Crippen molar-refractivity contribution >= 4 is 5.91 Å². The summed E-state index contributed by atoms with van der Waals surface area (Å²) in [7, 11) is 1.47. The van der Waals surface area contributed by atoms with Crippen molar-refractivity contribution in [2.24, 2.45) is 5.73 Å². The first-order valence-corrected chi connectivity index (χ1v) is 7.06. The zero-order chi connectivity index (χ0) is 14.5. The molecule has 0 aliphatic heterocycles. The van der Waals surface area contributed by atoms with Crippen LogP contribution in [0, 0.1) is 0 Å². The molecule has 1 amide bonds. The lowest BCUT2D eigenvalue weighted by molar-refractivity contribution is 0.0684. The predicted octanol–water partition coefficient (Wildman–Crippen LogP) is 1.74. The van der Waals surface area contributed by atoms with Gasteiger partial charge >= 0.3 is 0 Å². The third kappa shape index (κ3) is 2.88. The van der Waals surface area contributed by atoms with Gasteiger partial charge in [-0.05, 0) is 25.0 Å². The molecule has 0 spiro atoms. The van der Waals surface area contributed by atoms with E-state index in [9.17, 15) is 9.90 Å². The standard InChI is InChI=1S/C15H22N2O3/c1-20-13-8-4-7-12(14(13)18)15(19)17(10-9-16)11-5-2-3-6-11/h4,7-8,11,18H,2-3,5-6,9-10,16H2,1H3. The maximum absolute atomic E-state index is 12.7. The second kappa shape index (κ2) is 6.61. The number of amides is 1. The molecule has 1 aromatic rings. The summed E-state index contributed by atoms with van der Waals surface area (Å²) in [5.74, 6) is 0.0498. The van der Waals surface area contributed by atoms with Crippen LogP contribution >= 0.6 is 0 Å². The van der Waals surface area contributed by atoms with Crippen LogP contribution in [-0.4, -0.2) is 42.2 Å². The highest BCUT2D eigenvalue weighted by atomic mass is 16.5. The highest BCUT2D eigenvalue weighted by molar-refractivity contribution is 5.97. The summed E-state index contributed by atoms with van der Waals surface area (Å²) in [6.45, 7) is 0.938. The summed E-state index contributed by atoms with van der Waals surface area (Å²) < 4.78 is 5.06. The molecule has 5 nitrogen and oxygen atoms in total. The predicted molar refractivity (Wildman–Crippen MR) is 77.0 cm³/mol. The molecule has 20 heavy (non-hydrogen) atoms. The number of benzene rings is 1. The van der Waals surface area contributed by atoms with E-state index in [2.05, 4.69) is 0 Å². The lowest BCUT2D eigenvalue weighted by Crippen LogP contribution is -2.42. The van der Waals surface area contributed by atoms with Crippen LogP contribution in [0.1, 0.15) is 36.0 Å². The van der Waals surface area contributed by atoms with Gasteiger partial charge in [0.15, 0.2) is 11.5 Å². The van der Waals surface area contributed by atoms with E-state index in [1.165, 1.54) is 7.11 Å². The number of hydrogen-bond acceptors (Lipinski definition) is 4. The Kier molecular flexibility index (Phi) is 4.84. The van der Waals surface area contributed by atoms with E-state index >= 15 is 0 Å². The number of nitrogens with two attached hydrogens (primary N) is 1. The quantitative estimate of drug-likeness (QED) is 0.860. The maximum Gasteiger partial charge on any atom is 0.258 e. The summed E-state index contributed by atoms with van der Waals surface area (Å²) in [4.78, 5) is 14.5. The zero-order valence-electron chi connectivity index (χ0n) is 11.8. The van der Waals surface area contributed by atoms with Crippen LogP contribution in [0.5, 0.6) is 11.5 Å². The normalized spacial score (nSPS) is 15.3. The first-order valence-electron chi connectivity index (χ1n) is 7.06. The molecule has 0 bridgehead atoms. The fourth-order valence-corrected chi connectivity index (χ4v) is 2.82. The summed E-state index contributed by atoms with van der Waals surface area (Å²) >= 11 is 0. The van der Waals surface area contributed by atoms with Crippen molar-refractivity contribution < 1.29 is 14.6 Å². The van der Waals surface area contributed by atoms with Crippen molar-refractivity contribution in [3.63, 3.8) is 0 Å². The summed E-state index contributed by atoms with van der Waals surface area (Å²) in [6, 6.07) is 5.20. The molecule has 0 unspecified atom stereocenters. The number of aromatic hydroxyl groups is 1. The van der Waals surface area contributed by atoms with Gasteiger partial charge in [-0.25, -0.2) is 0 Å². The van der Waals surface area contributed by atoms with Gasteiger partial charge in [0.25, 0.3) is 5.91 Å². The minimum atomic E-state index is -0.168. The lowest BCUT2D eigenvalue weighted by Gasteiger charge is -2.29. The first kappa shape index (κ1) is 14.7. The van der Waals surface area contributed by atoms with Crippen LogP contribution in [0.3, 0.4) is 0 Å². The molecule has 1 aromatic carbocycles. The van der Waals surface area contributed by atoms with Crippen LogP contribution in [0.25, 0.3) is 0 Å². The molecule has 5 heteroatoms. The molecule has 0 saturated heterocycles. The van der Waals surface area contributed by atoms with E-state index in [0.29, 0.717) is 18.8 Å². The topological polar surface area (TPSA) is 75.8 Å². The Morgan fingerprint density at radius 1 is 1.45 bits per heavy atom. The molecule has 3 N–H and O–H groups in total. The van der Waals surface area contributed by atoms with Gasteiger partial charge in [0, 0.05) is 19.1 Å². The monoisotopic (exact) mass is 278 g/mol. The van der Waals surface area contributed by atoms with Crippen LogP contribution in [-0.2, 0) is 0 Å². The van der Waals surface area contributed by atoms with E-state index in [-0.39, 0.29) is 23.3 Å². The second-order valence-electron chi connectivity index (χ2n) is 5.08. The fourth-order valence-electron chi connectivity index (χ4n) is 2.82. The van der Waals surface area contributed by atoms with E-state index in [1.54, 1.807) is 23.1 Å². The molecule has 2 rings (SSSR count). The molecule has 1 aliphatic carbocycles. The zero-order valence-corrected chi connectivity index (χ0v) is 11.8. The van der Waals surface area contributed by atoms with Crippen LogP contribution in [0.15, 0.2) is 18.2 Å². The van der Waals surface area contributed by atoms with Crippen LogP contribution in [0.4, 0.5) is 0 Å². The summed E-state index contributed by atoms with van der Waals surface area (Å²) in [6.07, 6.45) is 4.30. The SMILES string of the molecule is COc1cccc(C(=O)N(CCN)C2CCCC2)c1O. The van der Waals surface area contributed by atoms with Gasteiger partial charge in [-0.2, -0.15) is 0 Å². The lowest BCUT2D eigenvalue weighted by atomic mass is 10.1. The average molecular weight is 278 g/mol. The number of carbonyl (C=O) groups is 1. The Morgan fingerprint density at radius 3 is 2.75 bits per heavy atom. The van der Waals surface area contributed by atoms with E-state index in [4.69, 9.17) is 10.5 Å². The van der Waals surface area contributed by atoms with Crippen molar-refractivity contribution in [3.8, 4) is 11.5 Å². The average Bonchev–Trinajstić information content (AvgIpc) is 2.98. The fraction of sp³-hybridized carbons (Fsp3) is 0.533. The van der Waals surface area contributed by atoms with E-state index in [1.807, 2.05) is 0 Å². The minimum Gasteiger partial charge on any atom is -0.504 e. The number of phenolic OH excluding ortho intramolecular Hbond substituents is 1. The number of para-hydroxylation sites is 1. The Hall–Kier alpha value is -1.75. The smallest absolute Gasteiger partial charge is 0.258 e. The van der Waals surface area contributed by atoms with Crippen molar-refractivity contribution in [2.45, 2.75) is 31.7 Å². The molecule has 0 aromatic heterocycles. The molecular formula is C15H22N2O3. The Labute approximate surface area is 119 Å². The maximum atomic E-state index is 12.7. The number of methoxy groups -OCH3 is 1. The number of hydrogen-bond donors (Lipinski definition) is 2. The molecule has 0 atom stereocenters. The van der Waals surface area contributed by atoms with Crippen LogP contribution < -0.4 is 10.5 Å². The second-order valence-corrected chi connectivity index (χ2v) is 5.08. The highest BCUT2D eigenvalue weighted by Crippen LogP contribution is 2.32. The van der Waals surface area contributed by atoms with Crippen molar-refractivity contribution in [3.05, 3.63) is 23.8 Å². The molecule has 0 radical (unpaired) electrons. The van der Waals surface area contributed by atoms with Crippen molar-refractivity contribution in [1.29, 1.82) is 0 Å². The van der Waals surface area contributed by atoms with Gasteiger partial charge < -0.3 is 20.5 Å². The van der Waals surface area contributed by atoms with Gasteiger partial charge in [-0.3, -0.25) is 4.79 Å². The largest absolute Gasteiger partial charge is 0.504 e. The molecular weight excluding hydrogens is 256 g/mol.